The minimum Gasteiger partial charge on any atom is -0.444 e. The zero-order chi connectivity index (χ0) is 17.5. The molecule has 0 aromatic heterocycles. The maximum Gasteiger partial charge on any atom is 0.408 e. The van der Waals surface area contributed by atoms with Crippen LogP contribution in [0.3, 0.4) is 0 Å². The quantitative estimate of drug-likeness (QED) is 0.835. The molecule has 5 heteroatoms. The molecule has 23 heavy (non-hydrogen) atoms. The number of ether oxygens (including phenoxy) is 2. The number of carbonyl (C=O) groups excluding carboxylic acids is 2. The molecule has 1 aromatic carbocycles. The van der Waals surface area contributed by atoms with E-state index >= 15 is 0 Å². The van der Waals surface area contributed by atoms with Gasteiger partial charge < -0.3 is 14.8 Å². The molecule has 1 aromatic rings. The lowest BCUT2D eigenvalue weighted by Crippen LogP contribution is -2.49. The van der Waals surface area contributed by atoms with Gasteiger partial charge in [0.15, 0.2) is 5.78 Å². The average Bonchev–Trinajstić information content (AvgIpc) is 2.49. The standard InChI is InChI=1S/C18H27NO4/c1-6-15(20)16(19-17(21)23-18(3,4)5)13(2)22-12-14-10-8-7-9-11-14/h7-11,13,16H,6,12H2,1-5H3,(H,19,21)/t13-,16+/m0/s1. The fourth-order valence-corrected chi connectivity index (χ4v) is 2.01. The van der Waals surface area contributed by atoms with E-state index in [9.17, 15) is 9.59 Å². The molecule has 0 aliphatic rings. The summed E-state index contributed by atoms with van der Waals surface area (Å²) >= 11 is 0. The van der Waals surface area contributed by atoms with Crippen molar-refractivity contribution in [3.8, 4) is 0 Å². The number of Topliss-reactive ketones (excluding diaryl/α,β-unsaturated/α-hetero) is 1. The fourth-order valence-electron chi connectivity index (χ4n) is 2.01. The Bertz CT molecular complexity index is 508. The molecule has 0 aliphatic heterocycles. The monoisotopic (exact) mass is 321 g/mol. The molecule has 0 fully saturated rings. The minimum absolute atomic E-state index is 0.0866. The van der Waals surface area contributed by atoms with Crippen LogP contribution in [0.1, 0.15) is 46.6 Å². The van der Waals surface area contributed by atoms with E-state index < -0.39 is 23.8 Å². The molecule has 2 atom stereocenters. The summed E-state index contributed by atoms with van der Waals surface area (Å²) in [5, 5.41) is 2.62. The van der Waals surface area contributed by atoms with Crippen molar-refractivity contribution in [2.24, 2.45) is 0 Å². The topological polar surface area (TPSA) is 64.6 Å². The second kappa shape index (κ2) is 8.67. The summed E-state index contributed by atoms with van der Waals surface area (Å²) in [6, 6.07) is 8.96. The van der Waals surface area contributed by atoms with Crippen LogP contribution in [0.2, 0.25) is 0 Å². The largest absolute Gasteiger partial charge is 0.444 e. The van der Waals surface area contributed by atoms with Gasteiger partial charge in [0.05, 0.1) is 12.7 Å². The lowest BCUT2D eigenvalue weighted by molar-refractivity contribution is -0.124. The highest BCUT2D eigenvalue weighted by atomic mass is 16.6. The van der Waals surface area contributed by atoms with Crippen LogP contribution in [0.4, 0.5) is 4.79 Å². The Morgan fingerprint density at radius 1 is 1.17 bits per heavy atom. The van der Waals surface area contributed by atoms with E-state index in [-0.39, 0.29) is 5.78 Å². The van der Waals surface area contributed by atoms with E-state index in [0.717, 1.165) is 5.56 Å². The molecular formula is C18H27NO4. The maximum absolute atomic E-state index is 12.1. The lowest BCUT2D eigenvalue weighted by atomic mass is 10.1. The van der Waals surface area contributed by atoms with Crippen molar-refractivity contribution in [3.63, 3.8) is 0 Å². The number of hydrogen-bond acceptors (Lipinski definition) is 4. The minimum atomic E-state index is -0.724. The van der Waals surface area contributed by atoms with Gasteiger partial charge in [0.1, 0.15) is 11.6 Å². The number of amides is 1. The Morgan fingerprint density at radius 3 is 2.30 bits per heavy atom. The Hall–Kier alpha value is -1.88. The summed E-state index contributed by atoms with van der Waals surface area (Å²) in [6.45, 7) is 9.25. The first-order valence-corrected chi connectivity index (χ1v) is 7.90. The number of alkyl carbamates (subject to hydrolysis) is 1. The van der Waals surface area contributed by atoms with Gasteiger partial charge in [-0.3, -0.25) is 4.79 Å². The third-order valence-corrected chi connectivity index (χ3v) is 3.19. The zero-order valence-electron chi connectivity index (χ0n) is 14.6. The normalized spacial score (nSPS) is 14.0. The molecule has 0 saturated heterocycles. The first kappa shape index (κ1) is 19.2. The Kier molecular flexibility index (Phi) is 7.23. The number of benzene rings is 1. The molecule has 0 saturated carbocycles. The van der Waals surface area contributed by atoms with Gasteiger partial charge in [0, 0.05) is 6.42 Å². The van der Waals surface area contributed by atoms with Gasteiger partial charge in [0.25, 0.3) is 0 Å². The van der Waals surface area contributed by atoms with E-state index in [1.807, 2.05) is 30.3 Å². The van der Waals surface area contributed by atoms with Crippen molar-refractivity contribution in [3.05, 3.63) is 35.9 Å². The van der Waals surface area contributed by atoms with Crippen molar-refractivity contribution in [1.29, 1.82) is 0 Å². The molecule has 0 heterocycles. The summed E-state index contributed by atoms with van der Waals surface area (Å²) in [7, 11) is 0. The van der Waals surface area contributed by atoms with Crippen molar-refractivity contribution >= 4 is 11.9 Å². The van der Waals surface area contributed by atoms with Crippen LogP contribution in [0.15, 0.2) is 30.3 Å². The maximum atomic E-state index is 12.1. The highest BCUT2D eigenvalue weighted by Gasteiger charge is 2.28. The predicted octanol–water partition coefficient (Wildman–Crippen LogP) is 3.46. The molecule has 0 radical (unpaired) electrons. The van der Waals surface area contributed by atoms with Gasteiger partial charge in [0.2, 0.25) is 0 Å². The molecule has 1 N–H and O–H groups in total. The molecule has 5 nitrogen and oxygen atoms in total. The third kappa shape index (κ3) is 7.28. The summed E-state index contributed by atoms with van der Waals surface area (Å²) in [4.78, 5) is 24.0. The van der Waals surface area contributed by atoms with Gasteiger partial charge in [-0.25, -0.2) is 4.79 Å². The molecule has 1 rings (SSSR count). The second-order valence-electron chi connectivity index (χ2n) is 6.45. The number of carbonyl (C=O) groups is 2. The molecular weight excluding hydrogens is 294 g/mol. The van der Waals surface area contributed by atoms with Gasteiger partial charge in [-0.05, 0) is 33.3 Å². The smallest absolute Gasteiger partial charge is 0.408 e. The first-order chi connectivity index (χ1) is 10.7. The second-order valence-corrected chi connectivity index (χ2v) is 6.45. The molecule has 0 aliphatic carbocycles. The molecule has 0 bridgehead atoms. The Morgan fingerprint density at radius 2 is 1.78 bits per heavy atom. The third-order valence-electron chi connectivity index (χ3n) is 3.19. The van der Waals surface area contributed by atoms with Crippen LogP contribution in [0, 0.1) is 0 Å². The lowest BCUT2D eigenvalue weighted by Gasteiger charge is -2.26. The molecule has 1 amide bonds. The van der Waals surface area contributed by atoms with Crippen molar-refractivity contribution in [2.45, 2.75) is 65.4 Å². The van der Waals surface area contributed by atoms with Crippen LogP contribution < -0.4 is 5.32 Å². The van der Waals surface area contributed by atoms with Gasteiger partial charge >= 0.3 is 6.09 Å². The molecule has 0 unspecified atom stereocenters. The molecule has 0 spiro atoms. The van der Waals surface area contributed by atoms with E-state index in [0.29, 0.717) is 13.0 Å². The van der Waals surface area contributed by atoms with E-state index in [1.54, 1.807) is 34.6 Å². The van der Waals surface area contributed by atoms with Crippen LogP contribution >= 0.6 is 0 Å². The van der Waals surface area contributed by atoms with E-state index in [4.69, 9.17) is 9.47 Å². The zero-order valence-corrected chi connectivity index (χ0v) is 14.6. The van der Waals surface area contributed by atoms with Crippen LogP contribution in [-0.4, -0.2) is 29.6 Å². The summed E-state index contributed by atoms with van der Waals surface area (Å²) < 4.78 is 11.0. The van der Waals surface area contributed by atoms with Crippen LogP contribution in [0.25, 0.3) is 0 Å². The molecule has 128 valence electrons. The Labute approximate surface area is 138 Å². The van der Waals surface area contributed by atoms with Crippen LogP contribution in [0.5, 0.6) is 0 Å². The van der Waals surface area contributed by atoms with E-state index in [2.05, 4.69) is 5.32 Å². The summed E-state index contributed by atoms with van der Waals surface area (Å²) in [5.41, 5.74) is 0.400. The van der Waals surface area contributed by atoms with Gasteiger partial charge in [-0.1, -0.05) is 37.3 Å². The van der Waals surface area contributed by atoms with Crippen molar-refractivity contribution in [2.75, 3.05) is 0 Å². The van der Waals surface area contributed by atoms with Crippen molar-refractivity contribution in [1.82, 2.24) is 5.32 Å². The fraction of sp³-hybridized carbons (Fsp3) is 0.556. The van der Waals surface area contributed by atoms with Crippen LogP contribution in [-0.2, 0) is 20.9 Å². The highest BCUT2D eigenvalue weighted by molar-refractivity contribution is 5.87. The van der Waals surface area contributed by atoms with Gasteiger partial charge in [-0.15, -0.1) is 0 Å². The highest BCUT2D eigenvalue weighted by Crippen LogP contribution is 2.11. The summed E-state index contributed by atoms with van der Waals surface area (Å²) in [6.07, 6.45) is -0.742. The summed E-state index contributed by atoms with van der Waals surface area (Å²) in [5.74, 6) is -0.0866. The number of ketones is 1. The van der Waals surface area contributed by atoms with Gasteiger partial charge in [-0.2, -0.15) is 0 Å². The number of nitrogens with one attached hydrogen (secondary N) is 1. The van der Waals surface area contributed by atoms with Crippen molar-refractivity contribution < 1.29 is 19.1 Å². The first-order valence-electron chi connectivity index (χ1n) is 7.90. The number of rotatable bonds is 7. The predicted molar refractivity (Wildman–Crippen MR) is 89.1 cm³/mol. The Balaban J connectivity index is 2.65. The average molecular weight is 321 g/mol. The SMILES string of the molecule is CCC(=O)[C@H](NC(=O)OC(C)(C)C)[C@H](C)OCc1ccccc1. The van der Waals surface area contributed by atoms with E-state index in [1.165, 1.54) is 0 Å². The number of hydrogen-bond donors (Lipinski definition) is 1.